The van der Waals surface area contributed by atoms with Crippen molar-refractivity contribution in [1.82, 2.24) is 4.90 Å². The molecule has 2 aliphatic rings. The topological polar surface area (TPSA) is 38.8 Å². The zero-order chi connectivity index (χ0) is 14.5. The second-order valence-electron chi connectivity index (χ2n) is 5.36. The summed E-state index contributed by atoms with van der Waals surface area (Å²) < 4.78 is 12.3. The average Bonchev–Trinajstić information content (AvgIpc) is 3.14. The van der Waals surface area contributed by atoms with Crippen LogP contribution in [0.1, 0.15) is 19.3 Å². The molecule has 0 spiro atoms. The molecule has 2 saturated heterocycles. The van der Waals surface area contributed by atoms with Crippen molar-refractivity contribution in [3.8, 4) is 0 Å². The van der Waals surface area contributed by atoms with E-state index in [0.717, 1.165) is 24.7 Å². The Balaban J connectivity index is 1.49. The van der Waals surface area contributed by atoms with Gasteiger partial charge in [-0.25, -0.2) is 0 Å². The van der Waals surface area contributed by atoms with E-state index in [2.05, 4.69) is 29.2 Å². The summed E-state index contributed by atoms with van der Waals surface area (Å²) in [7, 11) is 0. The molecule has 0 radical (unpaired) electrons. The number of hydrogen-bond acceptors (Lipinski definition) is 3. The summed E-state index contributed by atoms with van der Waals surface area (Å²) in [5.74, 6) is 0.293. The summed E-state index contributed by atoms with van der Waals surface area (Å²) in [6.45, 7) is 2.12. The summed E-state index contributed by atoms with van der Waals surface area (Å²) in [6.07, 6.45) is 2.38. The fraction of sp³-hybridized carbons (Fsp3) is 0.562. The van der Waals surface area contributed by atoms with E-state index in [1.165, 1.54) is 4.46 Å². The predicted octanol–water partition coefficient (Wildman–Crippen LogP) is 1.19. The average molecular weight is 354 g/mol. The first-order chi connectivity index (χ1) is 10.3. The van der Waals surface area contributed by atoms with Gasteiger partial charge in [-0.05, 0) is 0 Å². The van der Waals surface area contributed by atoms with Crippen LogP contribution in [0.4, 0.5) is 0 Å². The number of rotatable bonds is 6. The van der Waals surface area contributed by atoms with Gasteiger partial charge in [-0.15, -0.1) is 0 Å². The van der Waals surface area contributed by atoms with Crippen LogP contribution in [0.25, 0.3) is 0 Å². The Morgan fingerprint density at radius 2 is 1.95 bits per heavy atom. The summed E-state index contributed by atoms with van der Waals surface area (Å²) in [4.78, 5) is 14.1. The van der Waals surface area contributed by atoms with Gasteiger partial charge in [-0.2, -0.15) is 0 Å². The standard InChI is InChI=1S/C16H21NO3Se/c18-15-7-6-13(12-21-14-4-2-1-3-5-14)17(15)9-8-16-19-10-11-20-16/h1-5,13,16H,6-12H2. The maximum absolute atomic E-state index is 12.1. The van der Waals surface area contributed by atoms with Gasteiger partial charge in [0.2, 0.25) is 0 Å². The van der Waals surface area contributed by atoms with Crippen LogP contribution in [0.2, 0.25) is 5.32 Å². The molecule has 4 nitrogen and oxygen atoms in total. The third-order valence-electron chi connectivity index (χ3n) is 3.93. The van der Waals surface area contributed by atoms with Crippen molar-refractivity contribution in [3.63, 3.8) is 0 Å². The number of carbonyl (C=O) groups excluding carboxylic acids is 1. The van der Waals surface area contributed by atoms with Crippen LogP contribution in [0.15, 0.2) is 30.3 Å². The molecular formula is C16H21NO3Se. The number of benzene rings is 1. The molecule has 1 aromatic carbocycles. The van der Waals surface area contributed by atoms with Crippen LogP contribution in [0, 0.1) is 0 Å². The van der Waals surface area contributed by atoms with Crippen molar-refractivity contribution >= 4 is 25.3 Å². The van der Waals surface area contributed by atoms with E-state index in [1.54, 1.807) is 0 Å². The van der Waals surface area contributed by atoms with Crippen molar-refractivity contribution in [2.75, 3.05) is 19.8 Å². The quantitative estimate of drug-likeness (QED) is 0.721. The van der Waals surface area contributed by atoms with Gasteiger partial charge in [0.25, 0.3) is 0 Å². The van der Waals surface area contributed by atoms with Crippen molar-refractivity contribution in [2.24, 2.45) is 0 Å². The van der Waals surface area contributed by atoms with Gasteiger partial charge in [-0.3, -0.25) is 0 Å². The maximum atomic E-state index is 12.1. The van der Waals surface area contributed by atoms with Gasteiger partial charge >= 0.3 is 131 Å². The number of amides is 1. The molecule has 2 heterocycles. The molecule has 0 aromatic heterocycles. The second-order valence-corrected chi connectivity index (χ2v) is 7.66. The van der Waals surface area contributed by atoms with Gasteiger partial charge in [0, 0.05) is 0 Å². The molecule has 0 aliphatic carbocycles. The third-order valence-corrected chi connectivity index (χ3v) is 6.36. The van der Waals surface area contributed by atoms with E-state index < -0.39 is 0 Å². The van der Waals surface area contributed by atoms with Gasteiger partial charge < -0.3 is 0 Å². The summed E-state index contributed by atoms with van der Waals surface area (Å²) in [5, 5.41) is 1.11. The first kappa shape index (κ1) is 15.0. The fourth-order valence-electron chi connectivity index (χ4n) is 2.80. The number of hydrogen-bond donors (Lipinski definition) is 0. The summed E-state index contributed by atoms with van der Waals surface area (Å²) >= 11 is 0.440. The number of nitrogens with zero attached hydrogens (tertiary/aromatic N) is 1. The molecule has 0 saturated carbocycles. The molecule has 1 amide bonds. The number of carbonyl (C=O) groups is 1. The van der Waals surface area contributed by atoms with Gasteiger partial charge in [0.15, 0.2) is 0 Å². The number of likely N-dealkylation sites (tertiary alicyclic amines) is 1. The van der Waals surface area contributed by atoms with Gasteiger partial charge in [0.1, 0.15) is 0 Å². The molecular weight excluding hydrogens is 333 g/mol. The minimum atomic E-state index is -0.112. The molecule has 114 valence electrons. The molecule has 0 N–H and O–H groups in total. The Hall–Kier alpha value is -0.871. The Labute approximate surface area is 131 Å². The Bertz CT molecular complexity index is 462. The van der Waals surface area contributed by atoms with E-state index >= 15 is 0 Å². The second kappa shape index (κ2) is 7.41. The molecule has 3 rings (SSSR count). The van der Waals surface area contributed by atoms with Crippen LogP contribution in [-0.2, 0) is 14.3 Å². The first-order valence-electron chi connectivity index (χ1n) is 7.53. The van der Waals surface area contributed by atoms with Crippen LogP contribution < -0.4 is 4.46 Å². The molecule has 1 atom stereocenters. The fourth-order valence-corrected chi connectivity index (χ4v) is 5.07. The zero-order valence-electron chi connectivity index (χ0n) is 12.1. The molecule has 5 heteroatoms. The van der Waals surface area contributed by atoms with Crippen molar-refractivity contribution in [2.45, 2.75) is 36.9 Å². The third kappa shape index (κ3) is 4.07. The van der Waals surface area contributed by atoms with Crippen LogP contribution in [-0.4, -0.2) is 57.9 Å². The van der Waals surface area contributed by atoms with E-state index in [-0.39, 0.29) is 6.29 Å². The predicted molar refractivity (Wildman–Crippen MR) is 81.7 cm³/mol. The summed E-state index contributed by atoms with van der Waals surface area (Å²) in [5.41, 5.74) is 0. The van der Waals surface area contributed by atoms with Crippen molar-refractivity contribution in [3.05, 3.63) is 30.3 Å². The van der Waals surface area contributed by atoms with Crippen molar-refractivity contribution in [1.29, 1.82) is 0 Å². The SMILES string of the molecule is O=C1CCC(C[Se]c2ccccc2)N1CCC1OCCO1. The Morgan fingerprint density at radius 1 is 1.19 bits per heavy atom. The molecule has 1 unspecified atom stereocenters. The van der Waals surface area contributed by atoms with E-state index in [1.807, 2.05) is 6.07 Å². The normalized spacial score (nSPS) is 23.1. The molecule has 1 aromatic rings. The van der Waals surface area contributed by atoms with Crippen LogP contribution in [0.5, 0.6) is 0 Å². The number of ether oxygens (including phenoxy) is 2. The molecule has 21 heavy (non-hydrogen) atoms. The Morgan fingerprint density at radius 3 is 2.71 bits per heavy atom. The minimum absolute atomic E-state index is 0.112. The monoisotopic (exact) mass is 355 g/mol. The molecule has 2 aliphatic heterocycles. The molecule has 0 bridgehead atoms. The first-order valence-corrected chi connectivity index (χ1v) is 9.60. The molecule has 2 fully saturated rings. The van der Waals surface area contributed by atoms with Gasteiger partial charge in [-0.1, -0.05) is 0 Å². The van der Waals surface area contributed by atoms with Crippen molar-refractivity contribution < 1.29 is 14.3 Å². The van der Waals surface area contributed by atoms with Gasteiger partial charge in [0.05, 0.1) is 0 Å². The summed E-state index contributed by atoms with van der Waals surface area (Å²) in [6, 6.07) is 11.0. The van der Waals surface area contributed by atoms with Crippen LogP contribution >= 0.6 is 0 Å². The van der Waals surface area contributed by atoms with E-state index in [4.69, 9.17) is 9.47 Å². The van der Waals surface area contributed by atoms with Crippen LogP contribution in [0.3, 0.4) is 0 Å². The van der Waals surface area contributed by atoms with E-state index in [9.17, 15) is 4.79 Å². The van der Waals surface area contributed by atoms with E-state index in [0.29, 0.717) is 46.5 Å². The zero-order valence-corrected chi connectivity index (χ0v) is 13.8. The Kier molecular flexibility index (Phi) is 5.31.